The van der Waals surface area contributed by atoms with Crippen LogP contribution in [0.15, 0.2) is 18.2 Å². The molecule has 1 heterocycles. The Kier molecular flexibility index (Phi) is 5.10. The Morgan fingerprint density at radius 1 is 1.38 bits per heavy atom. The van der Waals surface area contributed by atoms with E-state index in [9.17, 15) is 14.9 Å². The first-order valence-electron chi connectivity index (χ1n) is 7.08. The molecule has 0 radical (unpaired) electrons. The molecule has 7 nitrogen and oxygen atoms in total. The second-order valence-electron chi connectivity index (χ2n) is 5.04. The summed E-state index contributed by atoms with van der Waals surface area (Å²) in [6.45, 7) is 3.72. The van der Waals surface area contributed by atoms with Crippen LogP contribution in [0.5, 0.6) is 0 Å². The third-order valence-corrected chi connectivity index (χ3v) is 3.63. The first-order valence-corrected chi connectivity index (χ1v) is 7.08. The molecule has 0 aromatic heterocycles. The lowest BCUT2D eigenvalue weighted by molar-refractivity contribution is -0.384. The topological polar surface area (TPSA) is 87.5 Å². The number of nitrogens with zero attached hydrogens (tertiary/aromatic N) is 2. The Balaban J connectivity index is 2.03. The standard InChI is InChI=1S/C14H20N4O3/c1-15-14(19)11-4-5-12(13(10-11)18(20)21)16-6-9-17-7-2-3-8-17/h4-5,10,16H,2-3,6-9H2,1H3,(H,15,19). The second kappa shape index (κ2) is 7.03. The fraction of sp³-hybridized carbons (Fsp3) is 0.500. The molecular weight excluding hydrogens is 272 g/mol. The fourth-order valence-corrected chi connectivity index (χ4v) is 2.47. The Hall–Kier alpha value is -2.15. The quantitative estimate of drug-likeness (QED) is 0.612. The lowest BCUT2D eigenvalue weighted by Crippen LogP contribution is -2.26. The fourth-order valence-electron chi connectivity index (χ4n) is 2.47. The van der Waals surface area contributed by atoms with Gasteiger partial charge in [0.1, 0.15) is 5.69 Å². The number of anilines is 1. The highest BCUT2D eigenvalue weighted by Gasteiger charge is 2.17. The molecule has 7 heteroatoms. The molecule has 1 aliphatic heterocycles. The molecule has 0 atom stereocenters. The Morgan fingerprint density at radius 3 is 2.71 bits per heavy atom. The number of rotatable bonds is 6. The number of hydrogen-bond donors (Lipinski definition) is 2. The predicted molar refractivity (Wildman–Crippen MR) is 80.7 cm³/mol. The number of hydrogen-bond acceptors (Lipinski definition) is 5. The van der Waals surface area contributed by atoms with Crippen LogP contribution >= 0.6 is 0 Å². The van der Waals surface area contributed by atoms with Crippen LogP contribution in [-0.2, 0) is 0 Å². The molecule has 2 rings (SSSR count). The van der Waals surface area contributed by atoms with Gasteiger partial charge in [-0.1, -0.05) is 0 Å². The molecule has 1 amide bonds. The molecule has 1 aromatic rings. The zero-order chi connectivity index (χ0) is 15.2. The summed E-state index contributed by atoms with van der Waals surface area (Å²) in [5.41, 5.74) is 0.665. The van der Waals surface area contributed by atoms with Crippen LogP contribution in [0.2, 0.25) is 0 Å². The summed E-state index contributed by atoms with van der Waals surface area (Å²) >= 11 is 0. The van der Waals surface area contributed by atoms with E-state index in [1.54, 1.807) is 12.1 Å². The van der Waals surface area contributed by atoms with E-state index >= 15 is 0 Å². The molecule has 0 saturated carbocycles. The zero-order valence-corrected chi connectivity index (χ0v) is 12.1. The summed E-state index contributed by atoms with van der Waals surface area (Å²) in [5.74, 6) is -0.332. The van der Waals surface area contributed by atoms with Crippen LogP contribution < -0.4 is 10.6 Å². The predicted octanol–water partition coefficient (Wildman–Crippen LogP) is 1.46. The van der Waals surface area contributed by atoms with E-state index in [0.717, 1.165) is 19.6 Å². The maximum atomic E-state index is 11.5. The van der Waals surface area contributed by atoms with Gasteiger partial charge in [-0.25, -0.2) is 0 Å². The van der Waals surface area contributed by atoms with Gasteiger partial charge in [0, 0.05) is 31.8 Å². The molecule has 2 N–H and O–H groups in total. The Morgan fingerprint density at radius 2 is 2.10 bits per heavy atom. The van der Waals surface area contributed by atoms with Gasteiger partial charge >= 0.3 is 0 Å². The van der Waals surface area contributed by atoms with Gasteiger partial charge in [0.05, 0.1) is 4.92 Å². The smallest absolute Gasteiger partial charge is 0.293 e. The summed E-state index contributed by atoms with van der Waals surface area (Å²) in [6.07, 6.45) is 2.45. The second-order valence-corrected chi connectivity index (χ2v) is 5.04. The average molecular weight is 292 g/mol. The number of nitro benzene ring substituents is 1. The molecule has 0 aliphatic carbocycles. The molecule has 1 aromatic carbocycles. The molecule has 1 saturated heterocycles. The van der Waals surface area contributed by atoms with Crippen molar-refractivity contribution in [3.8, 4) is 0 Å². The number of benzene rings is 1. The first kappa shape index (κ1) is 15.2. The Bertz CT molecular complexity index is 527. The highest BCUT2D eigenvalue weighted by atomic mass is 16.6. The summed E-state index contributed by atoms with van der Waals surface area (Å²) in [5, 5.41) is 16.7. The minimum atomic E-state index is -0.468. The number of nitrogens with one attached hydrogen (secondary N) is 2. The number of carbonyl (C=O) groups is 1. The normalized spacial score (nSPS) is 14.9. The van der Waals surface area contributed by atoms with Gasteiger partial charge in [0.25, 0.3) is 11.6 Å². The third kappa shape index (κ3) is 3.91. The van der Waals surface area contributed by atoms with Crippen molar-refractivity contribution in [1.29, 1.82) is 0 Å². The largest absolute Gasteiger partial charge is 0.378 e. The molecule has 1 aliphatic rings. The van der Waals surface area contributed by atoms with Gasteiger partial charge in [0.2, 0.25) is 0 Å². The maximum absolute atomic E-state index is 11.5. The molecular formula is C14H20N4O3. The van der Waals surface area contributed by atoms with Crippen molar-refractivity contribution in [2.45, 2.75) is 12.8 Å². The number of amides is 1. The van der Waals surface area contributed by atoms with Gasteiger partial charge in [-0.3, -0.25) is 14.9 Å². The van der Waals surface area contributed by atoms with E-state index in [2.05, 4.69) is 15.5 Å². The van der Waals surface area contributed by atoms with Crippen LogP contribution in [0.3, 0.4) is 0 Å². The van der Waals surface area contributed by atoms with Crippen LogP contribution in [0, 0.1) is 10.1 Å². The number of likely N-dealkylation sites (tertiary alicyclic amines) is 1. The molecule has 1 fully saturated rings. The van der Waals surface area contributed by atoms with Crippen LogP contribution in [0.25, 0.3) is 0 Å². The van der Waals surface area contributed by atoms with Crippen LogP contribution in [-0.4, -0.2) is 49.0 Å². The van der Waals surface area contributed by atoms with Gasteiger partial charge in [-0.15, -0.1) is 0 Å². The van der Waals surface area contributed by atoms with E-state index in [0.29, 0.717) is 12.2 Å². The molecule has 0 spiro atoms. The number of nitro groups is 1. The van der Waals surface area contributed by atoms with E-state index in [1.807, 2.05) is 0 Å². The highest BCUT2D eigenvalue weighted by molar-refractivity contribution is 5.95. The lowest BCUT2D eigenvalue weighted by Gasteiger charge is -2.15. The Labute approximate surface area is 123 Å². The summed E-state index contributed by atoms with van der Waals surface area (Å²) in [4.78, 5) is 24.5. The first-order chi connectivity index (χ1) is 10.1. The summed E-state index contributed by atoms with van der Waals surface area (Å²) < 4.78 is 0. The molecule has 114 valence electrons. The molecule has 0 bridgehead atoms. The molecule has 0 unspecified atom stereocenters. The minimum absolute atomic E-state index is 0.0717. The number of carbonyl (C=O) groups excluding carboxylic acids is 1. The van der Waals surface area contributed by atoms with Gasteiger partial charge in [-0.05, 0) is 38.1 Å². The minimum Gasteiger partial charge on any atom is -0.378 e. The van der Waals surface area contributed by atoms with Crippen molar-refractivity contribution in [1.82, 2.24) is 10.2 Å². The van der Waals surface area contributed by atoms with E-state index in [-0.39, 0.29) is 17.2 Å². The van der Waals surface area contributed by atoms with Crippen molar-refractivity contribution >= 4 is 17.3 Å². The molecule has 21 heavy (non-hydrogen) atoms. The monoisotopic (exact) mass is 292 g/mol. The van der Waals surface area contributed by atoms with Crippen molar-refractivity contribution in [3.05, 3.63) is 33.9 Å². The third-order valence-electron chi connectivity index (χ3n) is 3.63. The van der Waals surface area contributed by atoms with Crippen molar-refractivity contribution in [2.24, 2.45) is 0 Å². The van der Waals surface area contributed by atoms with Crippen molar-refractivity contribution in [3.63, 3.8) is 0 Å². The SMILES string of the molecule is CNC(=O)c1ccc(NCCN2CCCC2)c([N+](=O)[O-])c1. The zero-order valence-electron chi connectivity index (χ0n) is 12.1. The van der Waals surface area contributed by atoms with E-state index in [1.165, 1.54) is 26.0 Å². The van der Waals surface area contributed by atoms with Gasteiger partial charge < -0.3 is 15.5 Å². The highest BCUT2D eigenvalue weighted by Crippen LogP contribution is 2.25. The van der Waals surface area contributed by atoms with Crippen molar-refractivity contribution < 1.29 is 9.72 Å². The average Bonchev–Trinajstić information content (AvgIpc) is 2.99. The maximum Gasteiger partial charge on any atom is 0.293 e. The van der Waals surface area contributed by atoms with E-state index < -0.39 is 4.92 Å². The van der Waals surface area contributed by atoms with Crippen LogP contribution in [0.1, 0.15) is 23.2 Å². The van der Waals surface area contributed by atoms with Gasteiger partial charge in [-0.2, -0.15) is 0 Å². The summed E-state index contributed by atoms with van der Waals surface area (Å²) in [6, 6.07) is 4.48. The van der Waals surface area contributed by atoms with Gasteiger partial charge in [0.15, 0.2) is 0 Å². The van der Waals surface area contributed by atoms with Crippen LogP contribution in [0.4, 0.5) is 11.4 Å². The summed E-state index contributed by atoms with van der Waals surface area (Å²) in [7, 11) is 1.50. The lowest BCUT2D eigenvalue weighted by atomic mass is 10.1. The van der Waals surface area contributed by atoms with Crippen molar-refractivity contribution in [2.75, 3.05) is 38.5 Å². The van der Waals surface area contributed by atoms with E-state index in [4.69, 9.17) is 0 Å².